The molecule has 0 radical (unpaired) electrons. The number of hydrogen-bond donors (Lipinski definition) is 1. The van der Waals surface area contributed by atoms with Gasteiger partial charge in [-0.15, -0.1) is 0 Å². The highest BCUT2D eigenvalue weighted by atomic mass is 16.5. The second-order valence-electron chi connectivity index (χ2n) is 8.03. The Bertz CT molecular complexity index is 725. The van der Waals surface area contributed by atoms with Gasteiger partial charge in [-0.2, -0.15) is 0 Å². The molecule has 0 spiro atoms. The molecule has 1 aliphatic heterocycles. The number of piperidine rings is 1. The van der Waals surface area contributed by atoms with Crippen LogP contribution in [0.1, 0.15) is 44.6 Å². The number of carbonyl (C=O) groups is 3. The summed E-state index contributed by atoms with van der Waals surface area (Å²) in [5, 5.41) is 3.14. The summed E-state index contributed by atoms with van der Waals surface area (Å²) in [4.78, 5) is 38.6. The third-order valence-electron chi connectivity index (χ3n) is 5.98. The molecule has 152 valence electrons. The van der Waals surface area contributed by atoms with Crippen LogP contribution in [0.5, 0.6) is 5.75 Å². The highest BCUT2D eigenvalue weighted by Gasteiger charge is 2.32. The van der Waals surface area contributed by atoms with Crippen molar-refractivity contribution in [3.63, 3.8) is 0 Å². The van der Waals surface area contributed by atoms with E-state index >= 15 is 0 Å². The topological polar surface area (TPSA) is 75.7 Å². The second kappa shape index (κ2) is 9.22. The first-order valence-corrected chi connectivity index (χ1v) is 10.2. The highest BCUT2D eigenvalue weighted by molar-refractivity contribution is 5.86. The van der Waals surface area contributed by atoms with Crippen LogP contribution in [0.2, 0.25) is 0 Å². The average Bonchev–Trinajstić information content (AvgIpc) is 2.70. The molecule has 2 fully saturated rings. The highest BCUT2D eigenvalue weighted by Crippen LogP contribution is 2.26. The van der Waals surface area contributed by atoms with Crippen LogP contribution < -0.4 is 10.1 Å². The van der Waals surface area contributed by atoms with Crippen LogP contribution in [0.4, 0.5) is 0 Å². The number of methoxy groups -OCH3 is 1. The zero-order chi connectivity index (χ0) is 20.1. The van der Waals surface area contributed by atoms with Gasteiger partial charge in [-0.3, -0.25) is 14.4 Å². The molecule has 6 heteroatoms. The van der Waals surface area contributed by atoms with Gasteiger partial charge in [0.05, 0.1) is 13.5 Å². The number of carbonyl (C=O) groups excluding carboxylic acids is 3. The summed E-state index contributed by atoms with van der Waals surface area (Å²) >= 11 is 0. The van der Waals surface area contributed by atoms with Crippen LogP contribution in [-0.4, -0.2) is 48.7 Å². The molecule has 2 atom stereocenters. The SMILES string of the molecule is COc1cccc(CC(=O)N2CCC(NC(=O)C3CCC(=O)C(C)C3)CC2)c1. The molecular weight excluding hydrogens is 356 g/mol. The number of amides is 2. The minimum absolute atomic E-state index is 0.0134. The van der Waals surface area contributed by atoms with Crippen LogP contribution in [0.3, 0.4) is 0 Å². The fraction of sp³-hybridized carbons (Fsp3) is 0.591. The smallest absolute Gasteiger partial charge is 0.226 e. The third kappa shape index (κ3) is 5.12. The second-order valence-corrected chi connectivity index (χ2v) is 8.03. The van der Waals surface area contributed by atoms with E-state index in [9.17, 15) is 14.4 Å². The minimum atomic E-state index is -0.0552. The summed E-state index contributed by atoms with van der Waals surface area (Å²) in [7, 11) is 1.62. The molecule has 1 N–H and O–H groups in total. The molecule has 1 saturated heterocycles. The Balaban J connectivity index is 1.44. The van der Waals surface area contributed by atoms with Gasteiger partial charge in [0.2, 0.25) is 11.8 Å². The van der Waals surface area contributed by atoms with Gasteiger partial charge in [0.25, 0.3) is 0 Å². The third-order valence-corrected chi connectivity index (χ3v) is 5.98. The maximum atomic E-state index is 12.6. The van der Waals surface area contributed by atoms with E-state index in [1.807, 2.05) is 36.1 Å². The number of ketones is 1. The maximum absolute atomic E-state index is 12.6. The van der Waals surface area contributed by atoms with Gasteiger partial charge >= 0.3 is 0 Å². The Morgan fingerprint density at radius 2 is 1.96 bits per heavy atom. The van der Waals surface area contributed by atoms with E-state index in [1.54, 1.807) is 7.11 Å². The number of nitrogens with zero attached hydrogens (tertiary/aromatic N) is 1. The Hall–Kier alpha value is -2.37. The molecule has 1 aliphatic carbocycles. The number of hydrogen-bond acceptors (Lipinski definition) is 4. The number of Topliss-reactive ketones (excluding diaryl/α,β-unsaturated/α-hetero) is 1. The molecule has 1 aromatic rings. The molecule has 1 aromatic carbocycles. The molecular formula is C22H30N2O4. The molecule has 1 saturated carbocycles. The monoisotopic (exact) mass is 386 g/mol. The van der Waals surface area contributed by atoms with Gasteiger partial charge in [0.15, 0.2) is 0 Å². The van der Waals surface area contributed by atoms with Crippen molar-refractivity contribution in [2.24, 2.45) is 11.8 Å². The number of ether oxygens (including phenoxy) is 1. The lowest BCUT2D eigenvalue weighted by Crippen LogP contribution is -2.48. The lowest BCUT2D eigenvalue weighted by Gasteiger charge is -2.34. The summed E-state index contributed by atoms with van der Waals surface area (Å²) in [5.41, 5.74) is 0.945. The van der Waals surface area contributed by atoms with Crippen LogP contribution in [0.15, 0.2) is 24.3 Å². The summed E-state index contributed by atoms with van der Waals surface area (Å²) in [5.74, 6) is 1.14. The fourth-order valence-corrected chi connectivity index (χ4v) is 4.14. The van der Waals surface area contributed by atoms with E-state index in [2.05, 4.69) is 5.32 Å². The minimum Gasteiger partial charge on any atom is -0.497 e. The zero-order valence-corrected chi connectivity index (χ0v) is 16.8. The van der Waals surface area contributed by atoms with Gasteiger partial charge in [-0.1, -0.05) is 19.1 Å². The van der Waals surface area contributed by atoms with Gasteiger partial charge in [0.1, 0.15) is 11.5 Å². The standard InChI is InChI=1S/C22H30N2O4/c1-15-12-17(6-7-20(15)25)22(27)23-18-8-10-24(11-9-18)21(26)14-16-4-3-5-19(13-16)28-2/h3-5,13,15,17-18H,6-12,14H2,1-2H3,(H,23,27). The molecule has 28 heavy (non-hydrogen) atoms. The molecule has 0 bridgehead atoms. The first-order chi connectivity index (χ1) is 13.5. The van der Waals surface area contributed by atoms with Crippen LogP contribution in [0, 0.1) is 11.8 Å². The Kier molecular flexibility index (Phi) is 6.70. The van der Waals surface area contributed by atoms with Crippen LogP contribution >= 0.6 is 0 Å². The predicted octanol–water partition coefficient (Wildman–Crippen LogP) is 2.35. The molecule has 1 heterocycles. The summed E-state index contributed by atoms with van der Waals surface area (Å²) < 4.78 is 5.21. The normalized spacial score (nSPS) is 23.4. The van der Waals surface area contributed by atoms with E-state index in [0.29, 0.717) is 38.8 Å². The predicted molar refractivity (Wildman–Crippen MR) is 106 cm³/mol. The molecule has 0 aromatic heterocycles. The average molecular weight is 386 g/mol. The van der Waals surface area contributed by atoms with E-state index in [1.165, 1.54) is 0 Å². The fourth-order valence-electron chi connectivity index (χ4n) is 4.14. The molecule has 6 nitrogen and oxygen atoms in total. The Morgan fingerprint density at radius 3 is 2.64 bits per heavy atom. The first-order valence-electron chi connectivity index (χ1n) is 10.2. The molecule has 2 unspecified atom stereocenters. The number of nitrogens with one attached hydrogen (secondary N) is 1. The molecule has 3 rings (SSSR count). The van der Waals surface area contributed by atoms with Crippen LogP contribution in [0.25, 0.3) is 0 Å². The molecule has 2 amide bonds. The van der Waals surface area contributed by atoms with Crippen molar-refractivity contribution in [1.29, 1.82) is 0 Å². The van der Waals surface area contributed by atoms with E-state index in [4.69, 9.17) is 4.74 Å². The van der Waals surface area contributed by atoms with Gasteiger partial charge < -0.3 is 15.0 Å². The number of likely N-dealkylation sites (tertiary alicyclic amines) is 1. The van der Waals surface area contributed by atoms with E-state index in [-0.39, 0.29) is 35.5 Å². The van der Waals surface area contributed by atoms with Crippen molar-refractivity contribution < 1.29 is 19.1 Å². The van der Waals surface area contributed by atoms with Crippen molar-refractivity contribution in [3.05, 3.63) is 29.8 Å². The lowest BCUT2D eigenvalue weighted by atomic mass is 9.81. The largest absolute Gasteiger partial charge is 0.497 e. The quantitative estimate of drug-likeness (QED) is 0.843. The summed E-state index contributed by atoms with van der Waals surface area (Å²) in [6, 6.07) is 7.69. The van der Waals surface area contributed by atoms with E-state index < -0.39 is 0 Å². The van der Waals surface area contributed by atoms with E-state index in [0.717, 1.165) is 24.2 Å². The van der Waals surface area contributed by atoms with Gasteiger partial charge in [0, 0.05) is 37.4 Å². The van der Waals surface area contributed by atoms with Crippen molar-refractivity contribution in [3.8, 4) is 5.75 Å². The van der Waals surface area contributed by atoms with Crippen LogP contribution in [-0.2, 0) is 20.8 Å². The zero-order valence-electron chi connectivity index (χ0n) is 16.8. The number of benzene rings is 1. The molecule has 2 aliphatic rings. The van der Waals surface area contributed by atoms with Crippen molar-refractivity contribution in [2.75, 3.05) is 20.2 Å². The van der Waals surface area contributed by atoms with Gasteiger partial charge in [-0.25, -0.2) is 0 Å². The Labute approximate surface area is 166 Å². The summed E-state index contributed by atoms with van der Waals surface area (Å²) in [6.45, 7) is 3.23. The first kappa shape index (κ1) is 20.4. The van der Waals surface area contributed by atoms with Gasteiger partial charge in [-0.05, 0) is 43.4 Å². The van der Waals surface area contributed by atoms with Crippen molar-refractivity contribution >= 4 is 17.6 Å². The van der Waals surface area contributed by atoms with Crippen molar-refractivity contribution in [2.45, 2.75) is 51.5 Å². The van der Waals surface area contributed by atoms with Crippen molar-refractivity contribution in [1.82, 2.24) is 10.2 Å². The Morgan fingerprint density at radius 1 is 1.21 bits per heavy atom. The summed E-state index contributed by atoms with van der Waals surface area (Å²) in [6.07, 6.45) is 3.74. The lowest BCUT2D eigenvalue weighted by molar-refractivity contribution is -0.132. The number of rotatable bonds is 5. The maximum Gasteiger partial charge on any atom is 0.226 e.